The van der Waals surface area contributed by atoms with E-state index in [2.05, 4.69) is 10.3 Å². The van der Waals surface area contributed by atoms with Crippen LogP contribution in [0.2, 0.25) is 5.02 Å². The van der Waals surface area contributed by atoms with Crippen molar-refractivity contribution < 1.29 is 22.7 Å². The lowest BCUT2D eigenvalue weighted by Crippen LogP contribution is -2.14. The highest BCUT2D eigenvalue weighted by atomic mass is 35.5. The lowest BCUT2D eigenvalue weighted by Gasteiger charge is -2.10. The van der Waals surface area contributed by atoms with Gasteiger partial charge < -0.3 is 14.6 Å². The van der Waals surface area contributed by atoms with Gasteiger partial charge in [0.15, 0.2) is 0 Å². The molecule has 2 heterocycles. The van der Waals surface area contributed by atoms with Gasteiger partial charge in [-0.15, -0.1) is 0 Å². The maximum absolute atomic E-state index is 12.6. The minimum atomic E-state index is -4.44. The van der Waals surface area contributed by atoms with Crippen LogP contribution in [0.3, 0.4) is 0 Å². The van der Waals surface area contributed by atoms with Crippen LogP contribution in [0.5, 0.6) is 0 Å². The Morgan fingerprint density at radius 1 is 1.29 bits per heavy atom. The normalized spacial score (nSPS) is 11.8. The van der Waals surface area contributed by atoms with Gasteiger partial charge >= 0.3 is 6.18 Å². The Labute approximate surface area is 164 Å². The number of pyridine rings is 1. The van der Waals surface area contributed by atoms with Gasteiger partial charge in [0.25, 0.3) is 5.91 Å². The number of fused-ring (bicyclic) bond motifs is 1. The maximum atomic E-state index is 12.6. The first-order valence-corrected chi connectivity index (χ1v) is 8.71. The molecule has 148 valence electrons. The molecule has 2 aromatic heterocycles. The van der Waals surface area contributed by atoms with Crippen LogP contribution in [-0.2, 0) is 17.5 Å². The first-order chi connectivity index (χ1) is 13.2. The van der Waals surface area contributed by atoms with Crippen LogP contribution in [0, 0.1) is 6.92 Å². The number of amides is 1. The number of carbonyl (C=O) groups is 1. The summed E-state index contributed by atoms with van der Waals surface area (Å²) < 4.78 is 44.9. The summed E-state index contributed by atoms with van der Waals surface area (Å²) in [5.41, 5.74) is 1.06. The van der Waals surface area contributed by atoms with E-state index < -0.39 is 17.6 Å². The zero-order valence-corrected chi connectivity index (χ0v) is 15.9. The highest BCUT2D eigenvalue weighted by molar-refractivity contribution is 6.39. The summed E-state index contributed by atoms with van der Waals surface area (Å²) in [6, 6.07) is 4.18. The molecule has 0 saturated heterocycles. The molecular formula is C19H17ClF3N3O2. The molecule has 28 heavy (non-hydrogen) atoms. The van der Waals surface area contributed by atoms with E-state index in [-0.39, 0.29) is 16.3 Å². The van der Waals surface area contributed by atoms with Gasteiger partial charge in [0.1, 0.15) is 5.65 Å². The number of hydrogen-bond donors (Lipinski definition) is 1. The highest BCUT2D eigenvalue weighted by Gasteiger charge is 2.30. The van der Waals surface area contributed by atoms with Gasteiger partial charge in [-0.1, -0.05) is 11.6 Å². The molecule has 0 aliphatic heterocycles. The largest absolute Gasteiger partial charge is 0.416 e. The average Bonchev–Trinajstić information content (AvgIpc) is 2.96. The second kappa shape index (κ2) is 7.81. The number of ether oxygens (including phenoxy) is 1. The number of aromatic nitrogens is 2. The number of nitrogens with one attached hydrogen (secondary N) is 1. The van der Waals surface area contributed by atoms with Crippen molar-refractivity contribution in [3.63, 3.8) is 0 Å². The molecule has 3 aromatic rings. The third-order valence-corrected chi connectivity index (χ3v) is 4.65. The van der Waals surface area contributed by atoms with E-state index in [0.29, 0.717) is 24.2 Å². The second-order valence-electron chi connectivity index (χ2n) is 6.21. The van der Waals surface area contributed by atoms with E-state index >= 15 is 0 Å². The molecule has 1 N–H and O–H groups in total. The predicted molar refractivity (Wildman–Crippen MR) is 101 cm³/mol. The van der Waals surface area contributed by atoms with Gasteiger partial charge in [-0.3, -0.25) is 4.79 Å². The second-order valence-corrected chi connectivity index (χ2v) is 6.59. The standard InChI is InChI=1S/C19H17ClF3N3O2/c1-11-10-26(7-8-28-2)17-15(11)16(20)14(9-24-17)18(27)25-13-5-3-12(4-6-13)19(21,22)23/h3-6,9-10H,7-8H2,1-2H3,(H,25,27). The molecule has 0 unspecified atom stereocenters. The van der Waals surface area contributed by atoms with Crippen LogP contribution in [-0.4, -0.2) is 29.2 Å². The van der Waals surface area contributed by atoms with Gasteiger partial charge in [-0.05, 0) is 36.8 Å². The van der Waals surface area contributed by atoms with Crippen molar-refractivity contribution in [1.82, 2.24) is 9.55 Å². The molecule has 9 heteroatoms. The zero-order chi connectivity index (χ0) is 20.5. The first kappa shape index (κ1) is 20.2. The van der Waals surface area contributed by atoms with E-state index in [1.807, 2.05) is 17.7 Å². The van der Waals surface area contributed by atoms with Gasteiger partial charge in [-0.2, -0.15) is 13.2 Å². The summed E-state index contributed by atoms with van der Waals surface area (Å²) >= 11 is 6.45. The molecule has 0 aliphatic rings. The van der Waals surface area contributed by atoms with Gasteiger partial charge in [-0.25, -0.2) is 4.98 Å². The number of aryl methyl sites for hydroxylation is 1. The van der Waals surface area contributed by atoms with Crippen LogP contribution in [0.15, 0.2) is 36.7 Å². The molecule has 0 bridgehead atoms. The molecule has 0 fully saturated rings. The molecule has 5 nitrogen and oxygen atoms in total. The zero-order valence-electron chi connectivity index (χ0n) is 15.1. The van der Waals surface area contributed by atoms with Crippen molar-refractivity contribution in [3.8, 4) is 0 Å². The van der Waals surface area contributed by atoms with Crippen LogP contribution >= 0.6 is 11.6 Å². The molecule has 0 aliphatic carbocycles. The van der Waals surface area contributed by atoms with Crippen molar-refractivity contribution in [2.45, 2.75) is 19.6 Å². The number of halogens is 4. The van der Waals surface area contributed by atoms with Crippen molar-refractivity contribution in [1.29, 1.82) is 0 Å². The fraction of sp³-hybridized carbons (Fsp3) is 0.263. The lowest BCUT2D eigenvalue weighted by atomic mass is 10.1. The van der Waals surface area contributed by atoms with Crippen molar-refractivity contribution in [2.24, 2.45) is 0 Å². The number of benzene rings is 1. The maximum Gasteiger partial charge on any atom is 0.416 e. The SMILES string of the molecule is COCCn1cc(C)c2c(Cl)c(C(=O)Nc3ccc(C(F)(F)F)cc3)cnc21. The molecular weight excluding hydrogens is 395 g/mol. The van der Waals surface area contributed by atoms with E-state index in [4.69, 9.17) is 16.3 Å². The van der Waals surface area contributed by atoms with Crippen molar-refractivity contribution >= 4 is 34.2 Å². The van der Waals surface area contributed by atoms with Crippen molar-refractivity contribution in [3.05, 3.63) is 58.4 Å². The minimum absolute atomic E-state index is 0.140. The van der Waals surface area contributed by atoms with Crippen LogP contribution in [0.25, 0.3) is 11.0 Å². The smallest absolute Gasteiger partial charge is 0.383 e. The van der Waals surface area contributed by atoms with E-state index in [0.717, 1.165) is 17.7 Å². The van der Waals surface area contributed by atoms with E-state index in [1.165, 1.54) is 18.3 Å². The average molecular weight is 412 g/mol. The monoisotopic (exact) mass is 411 g/mol. The molecule has 0 radical (unpaired) electrons. The number of alkyl halides is 3. The fourth-order valence-corrected chi connectivity index (χ4v) is 3.23. The van der Waals surface area contributed by atoms with Gasteiger partial charge in [0.05, 0.1) is 22.8 Å². The number of hydrogen-bond acceptors (Lipinski definition) is 3. The minimum Gasteiger partial charge on any atom is -0.383 e. The number of anilines is 1. The third kappa shape index (κ3) is 3.98. The Hall–Kier alpha value is -2.58. The number of rotatable bonds is 5. The Morgan fingerprint density at radius 2 is 1.96 bits per heavy atom. The molecule has 1 amide bonds. The summed E-state index contributed by atoms with van der Waals surface area (Å²) in [5.74, 6) is -0.553. The Kier molecular flexibility index (Phi) is 5.62. The third-order valence-electron chi connectivity index (χ3n) is 4.26. The molecule has 0 spiro atoms. The van der Waals surface area contributed by atoms with Gasteiger partial charge in [0.2, 0.25) is 0 Å². The summed E-state index contributed by atoms with van der Waals surface area (Å²) in [4.78, 5) is 16.9. The van der Waals surface area contributed by atoms with Crippen LogP contribution < -0.4 is 5.32 Å². The number of methoxy groups -OCH3 is 1. The molecule has 0 atom stereocenters. The molecule has 1 aromatic carbocycles. The highest BCUT2D eigenvalue weighted by Crippen LogP contribution is 2.32. The fourth-order valence-electron chi connectivity index (χ4n) is 2.87. The van der Waals surface area contributed by atoms with Gasteiger partial charge in [0, 0.05) is 37.1 Å². The van der Waals surface area contributed by atoms with Crippen LogP contribution in [0.4, 0.5) is 18.9 Å². The van der Waals surface area contributed by atoms with Crippen molar-refractivity contribution in [2.75, 3.05) is 19.0 Å². The first-order valence-electron chi connectivity index (χ1n) is 8.34. The summed E-state index contributed by atoms with van der Waals surface area (Å²) in [7, 11) is 1.60. The summed E-state index contributed by atoms with van der Waals surface area (Å²) in [6.07, 6.45) is -1.21. The number of carbonyl (C=O) groups excluding carboxylic acids is 1. The summed E-state index contributed by atoms with van der Waals surface area (Å²) in [6.45, 7) is 2.94. The van der Waals surface area contributed by atoms with E-state index in [1.54, 1.807) is 7.11 Å². The summed E-state index contributed by atoms with van der Waals surface area (Å²) in [5, 5.41) is 3.44. The Morgan fingerprint density at radius 3 is 2.57 bits per heavy atom. The van der Waals surface area contributed by atoms with Crippen LogP contribution in [0.1, 0.15) is 21.5 Å². The molecule has 0 saturated carbocycles. The molecule has 3 rings (SSSR count). The predicted octanol–water partition coefficient (Wildman–Crippen LogP) is 4.92. The topological polar surface area (TPSA) is 56.1 Å². The Bertz CT molecular complexity index is 1010. The Balaban J connectivity index is 1.88. The quantitative estimate of drug-likeness (QED) is 0.648. The van der Waals surface area contributed by atoms with E-state index in [9.17, 15) is 18.0 Å². The lowest BCUT2D eigenvalue weighted by molar-refractivity contribution is -0.137. The number of nitrogens with zero attached hydrogens (tertiary/aromatic N) is 2.